The molecule has 1 saturated carbocycles. The van der Waals surface area contributed by atoms with Gasteiger partial charge in [0.25, 0.3) is 0 Å². The van der Waals surface area contributed by atoms with Gasteiger partial charge in [-0.3, -0.25) is 0 Å². The van der Waals surface area contributed by atoms with Crippen molar-refractivity contribution in [2.45, 2.75) is 77.7 Å². The van der Waals surface area contributed by atoms with Crippen LogP contribution in [0.2, 0.25) is 0 Å². The van der Waals surface area contributed by atoms with Gasteiger partial charge < -0.3 is 9.47 Å². The largest absolute Gasteiger partial charge is 0.497 e. The molecule has 0 saturated heterocycles. The Morgan fingerprint density at radius 2 is 1.74 bits per heavy atom. The second kappa shape index (κ2) is 9.68. The SMILES string of the molecule is CC[C@@H]1CCc2ccc(OCc3ccc(-c4cc(OC)ccc4F)c([C@@H]4CCCC4(C)C)c3)cc21. The first-order valence-electron chi connectivity index (χ1n) is 13.1. The van der Waals surface area contributed by atoms with Crippen LogP contribution in [0.3, 0.4) is 0 Å². The number of hydrogen-bond donors (Lipinski definition) is 0. The quantitative estimate of drug-likeness (QED) is 0.342. The van der Waals surface area contributed by atoms with Crippen LogP contribution in [-0.2, 0) is 13.0 Å². The molecule has 0 bridgehead atoms. The monoisotopic (exact) mass is 472 g/mol. The molecule has 3 aromatic rings. The Hall–Kier alpha value is -2.81. The van der Waals surface area contributed by atoms with E-state index < -0.39 is 0 Å². The molecule has 0 radical (unpaired) electrons. The normalized spacial score (nSPS) is 20.6. The molecule has 3 heteroatoms. The maximum absolute atomic E-state index is 15.0. The summed E-state index contributed by atoms with van der Waals surface area (Å²) in [6.45, 7) is 7.46. The number of aryl methyl sites for hydroxylation is 1. The van der Waals surface area contributed by atoms with Gasteiger partial charge in [-0.1, -0.05) is 51.5 Å². The summed E-state index contributed by atoms with van der Waals surface area (Å²) in [4.78, 5) is 0. The fraction of sp³-hybridized carbons (Fsp3) is 0.438. The van der Waals surface area contributed by atoms with Crippen LogP contribution in [0.15, 0.2) is 54.6 Å². The molecule has 0 amide bonds. The van der Waals surface area contributed by atoms with Gasteiger partial charge in [-0.15, -0.1) is 0 Å². The van der Waals surface area contributed by atoms with Crippen LogP contribution in [0.4, 0.5) is 4.39 Å². The van der Waals surface area contributed by atoms with Crippen LogP contribution in [0.1, 0.15) is 87.0 Å². The summed E-state index contributed by atoms with van der Waals surface area (Å²) in [5.74, 6) is 2.44. The third kappa shape index (κ3) is 4.70. The van der Waals surface area contributed by atoms with E-state index >= 15 is 4.39 Å². The highest BCUT2D eigenvalue weighted by molar-refractivity contribution is 5.71. The Bertz CT molecular complexity index is 1210. The van der Waals surface area contributed by atoms with E-state index in [9.17, 15) is 0 Å². The minimum atomic E-state index is -0.213. The van der Waals surface area contributed by atoms with Crippen molar-refractivity contribution in [3.8, 4) is 22.6 Å². The molecule has 35 heavy (non-hydrogen) atoms. The van der Waals surface area contributed by atoms with Crippen molar-refractivity contribution in [3.63, 3.8) is 0 Å². The maximum Gasteiger partial charge on any atom is 0.131 e. The predicted octanol–water partition coefficient (Wildman–Crippen LogP) is 8.81. The van der Waals surface area contributed by atoms with E-state index in [-0.39, 0.29) is 11.2 Å². The van der Waals surface area contributed by atoms with E-state index in [1.54, 1.807) is 13.2 Å². The molecule has 2 nitrogen and oxygen atoms in total. The van der Waals surface area contributed by atoms with Gasteiger partial charge in [0.05, 0.1) is 7.11 Å². The third-order valence-electron chi connectivity index (χ3n) is 8.43. The molecular weight excluding hydrogens is 435 g/mol. The van der Waals surface area contributed by atoms with Crippen molar-refractivity contribution in [2.24, 2.45) is 5.41 Å². The summed E-state index contributed by atoms with van der Waals surface area (Å²) in [7, 11) is 1.63. The minimum Gasteiger partial charge on any atom is -0.497 e. The molecule has 2 aliphatic carbocycles. The van der Waals surface area contributed by atoms with E-state index in [1.807, 2.05) is 6.07 Å². The first-order valence-corrected chi connectivity index (χ1v) is 13.1. The van der Waals surface area contributed by atoms with Crippen LogP contribution in [-0.4, -0.2) is 7.11 Å². The molecule has 0 spiro atoms. The van der Waals surface area contributed by atoms with E-state index in [0.717, 1.165) is 23.3 Å². The molecular formula is C32H37FO2. The lowest BCUT2D eigenvalue weighted by Crippen LogP contribution is -2.17. The smallest absolute Gasteiger partial charge is 0.131 e. The van der Waals surface area contributed by atoms with Crippen molar-refractivity contribution in [2.75, 3.05) is 7.11 Å². The lowest BCUT2D eigenvalue weighted by Gasteiger charge is -2.30. The lowest BCUT2D eigenvalue weighted by atomic mass is 9.75. The Balaban J connectivity index is 1.47. The fourth-order valence-corrected chi connectivity index (χ4v) is 6.32. The maximum atomic E-state index is 15.0. The van der Waals surface area contributed by atoms with E-state index in [2.05, 4.69) is 57.2 Å². The van der Waals surface area contributed by atoms with Gasteiger partial charge in [-0.05, 0) is 108 Å². The zero-order valence-corrected chi connectivity index (χ0v) is 21.5. The molecule has 0 heterocycles. The van der Waals surface area contributed by atoms with Crippen molar-refractivity contribution < 1.29 is 13.9 Å². The van der Waals surface area contributed by atoms with E-state index in [0.29, 0.717) is 29.8 Å². The highest BCUT2D eigenvalue weighted by Crippen LogP contribution is 2.51. The molecule has 184 valence electrons. The highest BCUT2D eigenvalue weighted by Gasteiger charge is 2.37. The predicted molar refractivity (Wildman–Crippen MR) is 141 cm³/mol. The molecule has 2 aliphatic rings. The summed E-state index contributed by atoms with van der Waals surface area (Å²) in [6.07, 6.45) is 7.12. The summed E-state index contributed by atoms with van der Waals surface area (Å²) in [6, 6.07) is 18.0. The minimum absolute atomic E-state index is 0.179. The number of benzene rings is 3. The summed E-state index contributed by atoms with van der Waals surface area (Å²) in [5, 5.41) is 0. The number of halogens is 1. The molecule has 5 rings (SSSR count). The molecule has 0 N–H and O–H groups in total. The molecule has 1 fully saturated rings. The van der Waals surface area contributed by atoms with Crippen LogP contribution in [0.25, 0.3) is 11.1 Å². The number of methoxy groups -OCH3 is 1. The van der Waals surface area contributed by atoms with Crippen LogP contribution >= 0.6 is 0 Å². The molecule has 0 unspecified atom stereocenters. The second-order valence-corrected chi connectivity index (χ2v) is 11.0. The Labute approximate surface area is 209 Å². The van der Waals surface area contributed by atoms with Crippen molar-refractivity contribution in [1.82, 2.24) is 0 Å². The topological polar surface area (TPSA) is 18.5 Å². The Morgan fingerprint density at radius 1 is 0.914 bits per heavy atom. The number of ether oxygens (including phenoxy) is 2. The van der Waals surface area contributed by atoms with Gasteiger partial charge in [0.15, 0.2) is 0 Å². The summed E-state index contributed by atoms with van der Waals surface area (Å²) >= 11 is 0. The van der Waals surface area contributed by atoms with Crippen LogP contribution in [0.5, 0.6) is 11.5 Å². The average molecular weight is 473 g/mol. The summed E-state index contributed by atoms with van der Waals surface area (Å²) in [5.41, 5.74) is 7.04. The molecule has 2 atom stereocenters. The van der Waals surface area contributed by atoms with Crippen molar-refractivity contribution >= 4 is 0 Å². The number of rotatable bonds is 7. The first kappa shape index (κ1) is 23.9. The standard InChI is InChI=1S/C32H37FO2/c1-5-22-9-10-23-11-12-25(19-27(22)23)35-20-21-8-14-26(29-18-24(34-4)13-15-31(29)33)28(17-21)30-7-6-16-32(30,2)3/h8,11-15,17-19,22,30H,5-7,9-10,16,20H2,1-4H3/t22-,30+/m1/s1. The summed E-state index contributed by atoms with van der Waals surface area (Å²) < 4.78 is 26.7. The van der Waals surface area contributed by atoms with E-state index in [1.165, 1.54) is 54.9 Å². The van der Waals surface area contributed by atoms with Gasteiger partial charge in [0.1, 0.15) is 23.9 Å². The van der Waals surface area contributed by atoms with Gasteiger partial charge in [0.2, 0.25) is 0 Å². The zero-order chi connectivity index (χ0) is 24.6. The van der Waals surface area contributed by atoms with Gasteiger partial charge in [0, 0.05) is 5.56 Å². The molecule has 0 aliphatic heterocycles. The van der Waals surface area contributed by atoms with Crippen LogP contribution in [0, 0.1) is 11.2 Å². The number of hydrogen-bond acceptors (Lipinski definition) is 2. The highest BCUT2D eigenvalue weighted by atomic mass is 19.1. The lowest BCUT2D eigenvalue weighted by molar-refractivity contribution is 0.304. The van der Waals surface area contributed by atoms with Crippen molar-refractivity contribution in [3.05, 3.63) is 82.7 Å². The van der Waals surface area contributed by atoms with Crippen LogP contribution < -0.4 is 9.47 Å². The van der Waals surface area contributed by atoms with Gasteiger partial charge >= 0.3 is 0 Å². The molecule has 3 aromatic carbocycles. The molecule has 0 aromatic heterocycles. The fourth-order valence-electron chi connectivity index (χ4n) is 6.32. The Morgan fingerprint density at radius 3 is 2.49 bits per heavy atom. The van der Waals surface area contributed by atoms with Gasteiger partial charge in [-0.2, -0.15) is 0 Å². The van der Waals surface area contributed by atoms with Gasteiger partial charge in [-0.25, -0.2) is 4.39 Å². The average Bonchev–Trinajstić information content (AvgIpc) is 3.44. The third-order valence-corrected chi connectivity index (χ3v) is 8.43. The second-order valence-electron chi connectivity index (χ2n) is 11.0. The van der Waals surface area contributed by atoms with E-state index in [4.69, 9.17) is 9.47 Å². The first-order chi connectivity index (χ1) is 16.9. The Kier molecular flexibility index (Phi) is 6.61. The number of fused-ring (bicyclic) bond motifs is 1. The zero-order valence-electron chi connectivity index (χ0n) is 21.5. The van der Waals surface area contributed by atoms with Crippen molar-refractivity contribution in [1.29, 1.82) is 0 Å².